The molecule has 0 saturated carbocycles. The first-order valence-corrected chi connectivity index (χ1v) is 6.14. The van der Waals surface area contributed by atoms with Crippen LogP contribution in [0.4, 0.5) is 10.1 Å². The van der Waals surface area contributed by atoms with Gasteiger partial charge in [0.2, 0.25) is 0 Å². The number of rotatable bonds is 6. The average Bonchev–Trinajstić information content (AvgIpc) is 2.46. The Kier molecular flexibility index (Phi) is 4.65. The number of hydrogen-bond donors (Lipinski definition) is 1. The average molecular weight is 277 g/mol. The van der Waals surface area contributed by atoms with Crippen molar-refractivity contribution in [3.8, 4) is 17.2 Å². The molecule has 0 atom stereocenters. The van der Waals surface area contributed by atoms with Crippen LogP contribution in [0.1, 0.15) is 0 Å². The van der Waals surface area contributed by atoms with Crippen molar-refractivity contribution < 1.29 is 18.6 Å². The monoisotopic (exact) mass is 277 g/mol. The van der Waals surface area contributed by atoms with Crippen LogP contribution in [-0.4, -0.2) is 20.3 Å². The predicted octanol–water partition coefficient (Wildman–Crippen LogP) is 2.87. The highest BCUT2D eigenvalue weighted by molar-refractivity contribution is 5.56. The molecule has 0 aliphatic carbocycles. The number of ether oxygens (including phenoxy) is 3. The number of benzene rings is 2. The second kappa shape index (κ2) is 6.65. The van der Waals surface area contributed by atoms with E-state index in [1.165, 1.54) is 19.2 Å². The molecule has 20 heavy (non-hydrogen) atoms. The molecule has 0 aromatic heterocycles. The van der Waals surface area contributed by atoms with E-state index in [9.17, 15) is 4.39 Å². The van der Waals surface area contributed by atoms with E-state index in [0.29, 0.717) is 19.0 Å². The topological polar surface area (TPSA) is 53.7 Å². The highest BCUT2D eigenvalue weighted by atomic mass is 19.1. The van der Waals surface area contributed by atoms with Crippen LogP contribution in [0.3, 0.4) is 0 Å². The summed E-state index contributed by atoms with van der Waals surface area (Å²) in [5.74, 6) is 0.719. The Morgan fingerprint density at radius 1 is 1.00 bits per heavy atom. The number of halogens is 1. The first-order valence-electron chi connectivity index (χ1n) is 6.14. The molecule has 0 bridgehead atoms. The third-order valence-corrected chi connectivity index (χ3v) is 2.64. The third-order valence-electron chi connectivity index (χ3n) is 2.64. The quantitative estimate of drug-likeness (QED) is 0.651. The summed E-state index contributed by atoms with van der Waals surface area (Å²) in [6.45, 7) is 0.664. The van der Waals surface area contributed by atoms with Gasteiger partial charge in [0, 0.05) is 12.1 Å². The summed E-state index contributed by atoms with van der Waals surface area (Å²) in [7, 11) is 1.39. The molecule has 0 amide bonds. The fraction of sp³-hybridized carbons (Fsp3) is 0.200. The van der Waals surface area contributed by atoms with Gasteiger partial charge >= 0.3 is 0 Å². The van der Waals surface area contributed by atoms with Crippen LogP contribution in [0.15, 0.2) is 42.5 Å². The lowest BCUT2D eigenvalue weighted by Gasteiger charge is -2.12. The van der Waals surface area contributed by atoms with Gasteiger partial charge in [0.1, 0.15) is 24.7 Å². The molecular formula is C15H16FNO3. The van der Waals surface area contributed by atoms with Gasteiger partial charge in [-0.1, -0.05) is 18.2 Å². The van der Waals surface area contributed by atoms with Crippen molar-refractivity contribution in [3.63, 3.8) is 0 Å². The van der Waals surface area contributed by atoms with Gasteiger partial charge in [-0.25, -0.2) is 4.39 Å². The maximum atomic E-state index is 13.4. The van der Waals surface area contributed by atoms with Crippen molar-refractivity contribution >= 4 is 5.69 Å². The van der Waals surface area contributed by atoms with Crippen molar-refractivity contribution in [1.29, 1.82) is 0 Å². The van der Waals surface area contributed by atoms with Gasteiger partial charge in [-0.2, -0.15) is 0 Å². The summed E-state index contributed by atoms with van der Waals surface area (Å²) in [6, 6.07) is 12.0. The van der Waals surface area contributed by atoms with Crippen LogP contribution in [-0.2, 0) is 0 Å². The minimum atomic E-state index is -0.516. The predicted molar refractivity (Wildman–Crippen MR) is 74.8 cm³/mol. The molecule has 0 fully saturated rings. The summed E-state index contributed by atoms with van der Waals surface area (Å²) >= 11 is 0. The molecule has 2 rings (SSSR count). The van der Waals surface area contributed by atoms with Crippen LogP contribution < -0.4 is 19.9 Å². The van der Waals surface area contributed by atoms with Crippen molar-refractivity contribution in [3.05, 3.63) is 48.3 Å². The van der Waals surface area contributed by atoms with Gasteiger partial charge in [0.25, 0.3) is 0 Å². The molecule has 106 valence electrons. The summed E-state index contributed by atoms with van der Waals surface area (Å²) in [4.78, 5) is 0. The van der Waals surface area contributed by atoms with Gasteiger partial charge in [-0.05, 0) is 12.1 Å². The molecule has 0 aliphatic heterocycles. The molecular weight excluding hydrogens is 261 g/mol. The van der Waals surface area contributed by atoms with Crippen LogP contribution in [0.2, 0.25) is 0 Å². The molecule has 0 unspecified atom stereocenters. The highest BCUT2D eigenvalue weighted by Crippen LogP contribution is 2.29. The third kappa shape index (κ3) is 3.54. The highest BCUT2D eigenvalue weighted by Gasteiger charge is 2.09. The van der Waals surface area contributed by atoms with Gasteiger partial charge in [-0.15, -0.1) is 0 Å². The molecule has 0 radical (unpaired) electrons. The number of methoxy groups -OCH3 is 1. The maximum Gasteiger partial charge on any atom is 0.167 e. The van der Waals surface area contributed by atoms with Crippen molar-refractivity contribution in [2.75, 3.05) is 26.1 Å². The standard InChI is InChI=1S/C15H16FNO3/c1-18-14-10-15(13(17)9-12(14)16)20-8-7-19-11-5-3-2-4-6-11/h2-6,9-10H,7-8,17H2,1H3. The number of hydrogen-bond acceptors (Lipinski definition) is 4. The van der Waals surface area contributed by atoms with E-state index in [1.54, 1.807) is 0 Å². The van der Waals surface area contributed by atoms with Crippen molar-refractivity contribution in [2.45, 2.75) is 0 Å². The van der Waals surface area contributed by atoms with Crippen LogP contribution in [0, 0.1) is 5.82 Å². The Labute approximate surface area is 116 Å². The van der Waals surface area contributed by atoms with Crippen molar-refractivity contribution in [2.24, 2.45) is 0 Å². The first-order chi connectivity index (χ1) is 9.70. The molecule has 0 spiro atoms. The molecule has 2 aromatic carbocycles. The maximum absolute atomic E-state index is 13.4. The zero-order valence-corrected chi connectivity index (χ0v) is 11.1. The fourth-order valence-corrected chi connectivity index (χ4v) is 1.66. The molecule has 0 aliphatic rings. The van der Waals surface area contributed by atoms with E-state index < -0.39 is 5.82 Å². The normalized spacial score (nSPS) is 10.1. The Morgan fingerprint density at radius 3 is 2.40 bits per heavy atom. The van der Waals surface area contributed by atoms with E-state index in [-0.39, 0.29) is 11.4 Å². The zero-order valence-electron chi connectivity index (χ0n) is 11.1. The van der Waals surface area contributed by atoms with Gasteiger partial charge in [0.05, 0.1) is 12.8 Å². The van der Waals surface area contributed by atoms with E-state index in [4.69, 9.17) is 19.9 Å². The molecule has 5 heteroatoms. The fourth-order valence-electron chi connectivity index (χ4n) is 1.66. The molecule has 0 heterocycles. The van der Waals surface area contributed by atoms with Crippen LogP contribution in [0.5, 0.6) is 17.2 Å². The SMILES string of the molecule is COc1cc(OCCOc2ccccc2)c(N)cc1F. The Balaban J connectivity index is 1.88. The van der Waals surface area contributed by atoms with E-state index >= 15 is 0 Å². The lowest BCUT2D eigenvalue weighted by Crippen LogP contribution is -2.10. The second-order valence-corrected chi connectivity index (χ2v) is 4.03. The number of nitrogens with two attached hydrogens (primary N) is 1. The summed E-state index contributed by atoms with van der Waals surface area (Å²) < 4.78 is 29.2. The van der Waals surface area contributed by atoms with Gasteiger partial charge < -0.3 is 19.9 Å². The molecule has 2 aromatic rings. The summed E-state index contributed by atoms with van der Waals surface area (Å²) in [6.07, 6.45) is 0. The van der Waals surface area contributed by atoms with E-state index in [1.807, 2.05) is 30.3 Å². The van der Waals surface area contributed by atoms with E-state index in [2.05, 4.69) is 0 Å². The minimum absolute atomic E-state index is 0.0955. The zero-order chi connectivity index (χ0) is 14.4. The first kappa shape index (κ1) is 14.0. The molecule has 2 N–H and O–H groups in total. The summed E-state index contributed by atoms with van der Waals surface area (Å²) in [5, 5.41) is 0. The number of nitrogen functional groups attached to an aromatic ring is 1. The largest absolute Gasteiger partial charge is 0.494 e. The van der Waals surface area contributed by atoms with Gasteiger partial charge in [0.15, 0.2) is 11.6 Å². The lowest BCUT2D eigenvalue weighted by molar-refractivity contribution is 0.217. The minimum Gasteiger partial charge on any atom is -0.494 e. The smallest absolute Gasteiger partial charge is 0.167 e. The Hall–Kier alpha value is -2.43. The van der Waals surface area contributed by atoms with E-state index in [0.717, 1.165) is 5.75 Å². The lowest BCUT2D eigenvalue weighted by atomic mass is 10.2. The molecule has 0 saturated heterocycles. The number of para-hydroxylation sites is 1. The Morgan fingerprint density at radius 2 is 1.70 bits per heavy atom. The van der Waals surface area contributed by atoms with Gasteiger partial charge in [-0.3, -0.25) is 0 Å². The van der Waals surface area contributed by atoms with Crippen LogP contribution >= 0.6 is 0 Å². The summed E-state index contributed by atoms with van der Waals surface area (Å²) in [5.41, 5.74) is 5.90. The Bertz CT molecular complexity index is 561. The molecule has 4 nitrogen and oxygen atoms in total. The number of anilines is 1. The second-order valence-electron chi connectivity index (χ2n) is 4.03. The van der Waals surface area contributed by atoms with Crippen molar-refractivity contribution in [1.82, 2.24) is 0 Å². The van der Waals surface area contributed by atoms with Crippen LogP contribution in [0.25, 0.3) is 0 Å².